The molecule has 1 aromatic carbocycles. The number of nitrogens with two attached hydrogens (primary N) is 1. The second kappa shape index (κ2) is 4.36. The summed E-state index contributed by atoms with van der Waals surface area (Å²) in [6.45, 7) is -0.537. The number of halogens is 1. The molecular formula is C8H7FN2O4. The predicted octanol–water partition coefficient (Wildman–Crippen LogP) is 0.598. The van der Waals surface area contributed by atoms with Crippen LogP contribution in [0.3, 0.4) is 0 Å². The van der Waals surface area contributed by atoms with Crippen LogP contribution < -0.4 is 10.5 Å². The Balaban J connectivity index is 2.96. The highest BCUT2D eigenvalue weighted by Crippen LogP contribution is 2.27. The van der Waals surface area contributed by atoms with E-state index in [2.05, 4.69) is 4.74 Å². The summed E-state index contributed by atoms with van der Waals surface area (Å²) in [6.07, 6.45) is 0. The highest BCUT2D eigenvalue weighted by molar-refractivity contribution is 5.75. The van der Waals surface area contributed by atoms with Crippen molar-refractivity contribution in [1.29, 1.82) is 0 Å². The molecule has 1 aromatic rings. The van der Waals surface area contributed by atoms with Gasteiger partial charge in [-0.2, -0.15) is 0 Å². The van der Waals surface area contributed by atoms with E-state index in [0.29, 0.717) is 0 Å². The lowest BCUT2D eigenvalue weighted by molar-refractivity contribution is -0.385. The van der Waals surface area contributed by atoms with E-state index >= 15 is 0 Å². The minimum Gasteiger partial charge on any atom is -0.477 e. The van der Waals surface area contributed by atoms with Crippen LogP contribution in [-0.2, 0) is 4.79 Å². The van der Waals surface area contributed by atoms with Crippen LogP contribution >= 0.6 is 0 Å². The fraction of sp³-hybridized carbons (Fsp3) is 0.125. The molecular weight excluding hydrogens is 207 g/mol. The molecule has 0 aromatic heterocycles. The van der Waals surface area contributed by atoms with E-state index in [1.807, 2.05) is 0 Å². The van der Waals surface area contributed by atoms with Gasteiger partial charge in [0, 0.05) is 12.1 Å². The Bertz CT molecular complexity index is 408. The van der Waals surface area contributed by atoms with Crippen LogP contribution in [0.15, 0.2) is 18.2 Å². The van der Waals surface area contributed by atoms with Crippen molar-refractivity contribution in [2.45, 2.75) is 0 Å². The van der Waals surface area contributed by atoms with Gasteiger partial charge in [-0.3, -0.25) is 14.9 Å². The monoisotopic (exact) mass is 214 g/mol. The Morgan fingerprint density at radius 2 is 2.27 bits per heavy atom. The molecule has 0 aliphatic rings. The van der Waals surface area contributed by atoms with Gasteiger partial charge in [0.05, 0.1) is 4.92 Å². The normalized spacial score (nSPS) is 9.67. The van der Waals surface area contributed by atoms with Crippen molar-refractivity contribution in [3.8, 4) is 5.75 Å². The molecule has 0 heterocycles. The molecule has 0 saturated carbocycles. The number of hydrogen-bond donors (Lipinski definition) is 1. The number of carbonyl (C=O) groups excluding carboxylic acids is 1. The number of benzene rings is 1. The average molecular weight is 214 g/mol. The number of amides is 1. The third kappa shape index (κ3) is 2.90. The van der Waals surface area contributed by atoms with E-state index in [1.165, 1.54) is 0 Å². The second-order valence-electron chi connectivity index (χ2n) is 2.62. The lowest BCUT2D eigenvalue weighted by atomic mass is 10.3. The van der Waals surface area contributed by atoms with Crippen molar-refractivity contribution in [2.75, 3.05) is 6.61 Å². The lowest BCUT2D eigenvalue weighted by Gasteiger charge is -2.03. The topological polar surface area (TPSA) is 95.5 Å². The van der Waals surface area contributed by atoms with Gasteiger partial charge in [0.2, 0.25) is 5.75 Å². The smallest absolute Gasteiger partial charge is 0.311 e. The quantitative estimate of drug-likeness (QED) is 0.586. The molecule has 0 unspecified atom stereocenters. The van der Waals surface area contributed by atoms with Crippen LogP contribution in [-0.4, -0.2) is 17.4 Å². The van der Waals surface area contributed by atoms with Crippen molar-refractivity contribution in [1.82, 2.24) is 0 Å². The Hall–Kier alpha value is -2.18. The number of primary amides is 1. The number of hydrogen-bond acceptors (Lipinski definition) is 4. The largest absolute Gasteiger partial charge is 0.477 e. The Morgan fingerprint density at radius 3 is 2.80 bits per heavy atom. The van der Waals surface area contributed by atoms with Crippen LogP contribution in [0, 0.1) is 15.9 Å². The second-order valence-corrected chi connectivity index (χ2v) is 2.62. The maximum absolute atomic E-state index is 12.7. The van der Waals surface area contributed by atoms with Gasteiger partial charge in [-0.1, -0.05) is 0 Å². The number of carbonyl (C=O) groups is 1. The van der Waals surface area contributed by atoms with Gasteiger partial charge < -0.3 is 10.5 Å². The van der Waals surface area contributed by atoms with Gasteiger partial charge in [0.1, 0.15) is 5.82 Å². The molecule has 1 rings (SSSR count). The average Bonchev–Trinajstić information content (AvgIpc) is 2.14. The van der Waals surface area contributed by atoms with Crippen LogP contribution in [0.5, 0.6) is 5.75 Å². The highest BCUT2D eigenvalue weighted by atomic mass is 19.1. The maximum atomic E-state index is 12.7. The van der Waals surface area contributed by atoms with E-state index in [1.54, 1.807) is 0 Å². The number of ether oxygens (including phenoxy) is 1. The van der Waals surface area contributed by atoms with Gasteiger partial charge in [0.15, 0.2) is 6.61 Å². The van der Waals surface area contributed by atoms with Crippen LogP contribution in [0.4, 0.5) is 10.1 Å². The zero-order valence-electron chi connectivity index (χ0n) is 7.47. The zero-order chi connectivity index (χ0) is 11.4. The molecule has 0 aliphatic carbocycles. The standard InChI is InChI=1S/C8H7FN2O4/c9-5-1-2-6(11(13)14)7(3-5)15-4-8(10)12/h1-3H,4H2,(H2,10,12). The molecule has 15 heavy (non-hydrogen) atoms. The third-order valence-corrected chi connectivity index (χ3v) is 1.49. The SMILES string of the molecule is NC(=O)COc1cc(F)ccc1[N+](=O)[O-]. The Labute approximate surface area is 83.6 Å². The van der Waals surface area contributed by atoms with Crippen LogP contribution in [0.2, 0.25) is 0 Å². The number of nitro benzene ring substituents is 1. The molecule has 0 saturated heterocycles. The van der Waals surface area contributed by atoms with Crippen molar-refractivity contribution in [3.05, 3.63) is 34.1 Å². The van der Waals surface area contributed by atoms with Gasteiger partial charge in [0.25, 0.3) is 5.91 Å². The number of rotatable bonds is 4. The minimum absolute atomic E-state index is 0.321. The lowest BCUT2D eigenvalue weighted by Crippen LogP contribution is -2.20. The molecule has 0 fully saturated rings. The fourth-order valence-electron chi connectivity index (χ4n) is 0.903. The highest BCUT2D eigenvalue weighted by Gasteiger charge is 2.16. The van der Waals surface area contributed by atoms with Crippen molar-refractivity contribution in [3.63, 3.8) is 0 Å². The molecule has 80 valence electrons. The fourth-order valence-corrected chi connectivity index (χ4v) is 0.903. The molecule has 0 atom stereocenters. The van der Waals surface area contributed by atoms with Gasteiger partial charge in [-0.05, 0) is 6.07 Å². The summed E-state index contributed by atoms with van der Waals surface area (Å²) in [5, 5.41) is 10.5. The summed E-state index contributed by atoms with van der Waals surface area (Å²) >= 11 is 0. The van der Waals surface area contributed by atoms with Crippen molar-refractivity contribution >= 4 is 11.6 Å². The van der Waals surface area contributed by atoms with E-state index in [0.717, 1.165) is 18.2 Å². The summed E-state index contributed by atoms with van der Waals surface area (Å²) in [5.41, 5.74) is 4.36. The summed E-state index contributed by atoms with van der Waals surface area (Å²) in [4.78, 5) is 20.1. The van der Waals surface area contributed by atoms with E-state index < -0.39 is 28.9 Å². The number of nitrogens with zero attached hydrogens (tertiary/aromatic N) is 1. The Kier molecular flexibility index (Phi) is 3.17. The molecule has 0 aliphatic heterocycles. The Morgan fingerprint density at radius 1 is 1.60 bits per heavy atom. The third-order valence-electron chi connectivity index (χ3n) is 1.49. The molecule has 0 radical (unpaired) electrons. The first-order valence-corrected chi connectivity index (χ1v) is 3.85. The molecule has 0 bridgehead atoms. The predicted molar refractivity (Wildman–Crippen MR) is 47.7 cm³/mol. The molecule has 0 spiro atoms. The van der Waals surface area contributed by atoms with Gasteiger partial charge >= 0.3 is 5.69 Å². The van der Waals surface area contributed by atoms with E-state index in [4.69, 9.17) is 5.73 Å². The molecule has 7 heteroatoms. The molecule has 6 nitrogen and oxygen atoms in total. The van der Waals surface area contributed by atoms with Crippen LogP contribution in [0.1, 0.15) is 0 Å². The van der Waals surface area contributed by atoms with Crippen molar-refractivity contribution in [2.24, 2.45) is 5.73 Å². The summed E-state index contributed by atoms with van der Waals surface area (Å²) in [6, 6.07) is 2.70. The summed E-state index contributed by atoms with van der Waals surface area (Å²) < 4.78 is 17.4. The van der Waals surface area contributed by atoms with E-state index in [-0.39, 0.29) is 5.75 Å². The maximum Gasteiger partial charge on any atom is 0.311 e. The van der Waals surface area contributed by atoms with E-state index in [9.17, 15) is 19.3 Å². The summed E-state index contributed by atoms with van der Waals surface area (Å²) in [7, 11) is 0. The van der Waals surface area contributed by atoms with Gasteiger partial charge in [-0.15, -0.1) is 0 Å². The van der Waals surface area contributed by atoms with Crippen LogP contribution in [0.25, 0.3) is 0 Å². The summed E-state index contributed by atoms with van der Waals surface area (Å²) in [5.74, 6) is -1.81. The molecule has 2 N–H and O–H groups in total. The first-order chi connectivity index (χ1) is 7.00. The number of nitro groups is 1. The molecule has 1 amide bonds. The van der Waals surface area contributed by atoms with Crippen molar-refractivity contribution < 1.29 is 18.8 Å². The first kappa shape index (κ1) is 10.9. The zero-order valence-corrected chi connectivity index (χ0v) is 7.47. The first-order valence-electron chi connectivity index (χ1n) is 3.85. The van der Waals surface area contributed by atoms with Gasteiger partial charge in [-0.25, -0.2) is 4.39 Å². The minimum atomic E-state index is -0.798.